The van der Waals surface area contributed by atoms with E-state index in [1.54, 1.807) is 13.3 Å². The topological polar surface area (TPSA) is 25.2 Å². The summed E-state index contributed by atoms with van der Waals surface area (Å²) in [5.41, 5.74) is 0.938. The van der Waals surface area contributed by atoms with Crippen molar-refractivity contribution in [2.75, 3.05) is 7.05 Å². The van der Waals surface area contributed by atoms with Gasteiger partial charge in [-0.25, -0.2) is 4.98 Å². The van der Waals surface area contributed by atoms with Crippen LogP contribution in [0.15, 0.2) is 17.1 Å². The highest BCUT2D eigenvalue weighted by Gasteiger charge is 1.94. The molecule has 0 bridgehead atoms. The minimum absolute atomic E-state index is 0.938. The molecule has 0 saturated heterocycles. The van der Waals surface area contributed by atoms with Gasteiger partial charge in [0.05, 0.1) is 11.0 Å². The Labute approximate surface area is 77.4 Å². The van der Waals surface area contributed by atoms with Gasteiger partial charge in [0.1, 0.15) is 0 Å². The highest BCUT2D eigenvalue weighted by Crippen LogP contribution is 1.94. The van der Waals surface area contributed by atoms with Crippen LogP contribution in [0.1, 0.15) is 18.5 Å². The number of hydrogen-bond donors (Lipinski definition) is 0. The molecule has 1 aromatic heterocycles. The Morgan fingerprint density at radius 2 is 2.15 bits per heavy atom. The summed E-state index contributed by atoms with van der Waals surface area (Å²) in [4.78, 5) is 8.41. The smallest absolute Gasteiger partial charge is 0.0815 e. The van der Waals surface area contributed by atoms with Crippen molar-refractivity contribution in [3.8, 4) is 0 Å². The Morgan fingerprint density at radius 3 is 3.00 bits per heavy atom. The van der Waals surface area contributed by atoms with E-state index >= 15 is 0 Å². The Balaban J connectivity index is 2.60. The van der Waals surface area contributed by atoms with Gasteiger partial charge in [-0.2, -0.15) is 0 Å². The van der Waals surface area contributed by atoms with E-state index in [4.69, 9.17) is 0 Å². The number of aromatic nitrogens is 1. The average Bonchev–Trinajstić information content (AvgIpc) is 2.18. The molecule has 1 aliphatic rings. The third kappa shape index (κ3) is 1.66. The first-order valence-electron chi connectivity index (χ1n) is 4.50. The van der Waals surface area contributed by atoms with Gasteiger partial charge < -0.3 is 0 Å². The van der Waals surface area contributed by atoms with Crippen LogP contribution in [0.4, 0.5) is 0 Å². The third-order valence-corrected chi connectivity index (χ3v) is 2.11. The first-order valence-corrected chi connectivity index (χ1v) is 4.50. The van der Waals surface area contributed by atoms with Gasteiger partial charge in [-0.3, -0.25) is 4.99 Å². The highest BCUT2D eigenvalue weighted by molar-refractivity contribution is 5.76. The first-order chi connectivity index (χ1) is 6.40. The zero-order valence-corrected chi connectivity index (χ0v) is 7.70. The van der Waals surface area contributed by atoms with Crippen LogP contribution >= 0.6 is 0 Å². The molecular formula is C11H12N2. The molecule has 0 unspecified atom stereocenters. The molecule has 1 heterocycles. The predicted octanol–water partition coefficient (Wildman–Crippen LogP) is 0.485. The van der Waals surface area contributed by atoms with E-state index in [0.717, 1.165) is 23.9 Å². The van der Waals surface area contributed by atoms with E-state index in [1.165, 1.54) is 5.22 Å². The van der Waals surface area contributed by atoms with Crippen molar-refractivity contribution in [3.63, 3.8) is 0 Å². The third-order valence-electron chi connectivity index (χ3n) is 2.11. The van der Waals surface area contributed by atoms with Gasteiger partial charge in [0.25, 0.3) is 0 Å². The van der Waals surface area contributed by atoms with Crippen LogP contribution in [0.25, 0.3) is 12.2 Å². The molecule has 1 aromatic rings. The SMILES string of the molecule is CN=Cc1ccc2c(n1)=CCCC=2. The van der Waals surface area contributed by atoms with Crippen molar-refractivity contribution >= 4 is 18.4 Å². The second-order valence-electron chi connectivity index (χ2n) is 3.08. The fraction of sp³-hybridized carbons (Fsp3) is 0.273. The molecule has 1 aliphatic carbocycles. The number of pyridine rings is 1. The highest BCUT2D eigenvalue weighted by atomic mass is 14.7. The number of fused-ring (bicyclic) bond motifs is 1. The Bertz CT molecular complexity index is 444. The number of aliphatic imine (C=N–C) groups is 1. The van der Waals surface area contributed by atoms with Crippen molar-refractivity contribution in [2.45, 2.75) is 12.8 Å². The summed E-state index contributed by atoms with van der Waals surface area (Å²) in [5.74, 6) is 0. The van der Waals surface area contributed by atoms with Gasteiger partial charge in [-0.15, -0.1) is 0 Å². The van der Waals surface area contributed by atoms with E-state index < -0.39 is 0 Å². The molecule has 2 rings (SSSR count). The second kappa shape index (κ2) is 3.52. The maximum atomic E-state index is 4.47. The molecule has 0 atom stereocenters. The minimum atomic E-state index is 0.938. The number of hydrogen-bond acceptors (Lipinski definition) is 2. The molecule has 0 fully saturated rings. The summed E-state index contributed by atoms with van der Waals surface area (Å²) in [7, 11) is 1.76. The van der Waals surface area contributed by atoms with Crippen LogP contribution in [0.2, 0.25) is 0 Å². The molecule has 0 spiro atoms. The largest absolute Gasteiger partial charge is 0.294 e. The summed E-state index contributed by atoms with van der Waals surface area (Å²) in [6.07, 6.45) is 8.43. The summed E-state index contributed by atoms with van der Waals surface area (Å²) < 4.78 is 0. The van der Waals surface area contributed by atoms with Crippen molar-refractivity contribution in [3.05, 3.63) is 28.4 Å². The normalized spacial score (nSPS) is 14.8. The van der Waals surface area contributed by atoms with Crippen molar-refractivity contribution in [1.29, 1.82) is 0 Å². The molecule has 66 valence electrons. The van der Waals surface area contributed by atoms with Crippen molar-refractivity contribution in [1.82, 2.24) is 4.98 Å². The lowest BCUT2D eigenvalue weighted by Gasteiger charge is -1.99. The molecule has 0 aliphatic heterocycles. The van der Waals surface area contributed by atoms with E-state index in [-0.39, 0.29) is 0 Å². The predicted molar refractivity (Wildman–Crippen MR) is 55.2 cm³/mol. The maximum Gasteiger partial charge on any atom is 0.0815 e. The molecule has 0 saturated carbocycles. The van der Waals surface area contributed by atoms with Crippen molar-refractivity contribution < 1.29 is 0 Å². The van der Waals surface area contributed by atoms with Crippen LogP contribution in [-0.4, -0.2) is 18.2 Å². The van der Waals surface area contributed by atoms with Crippen LogP contribution in [-0.2, 0) is 0 Å². The lowest BCUT2D eigenvalue weighted by molar-refractivity contribution is 1.07. The molecule has 0 radical (unpaired) electrons. The van der Waals surface area contributed by atoms with E-state index in [9.17, 15) is 0 Å². The van der Waals surface area contributed by atoms with Crippen molar-refractivity contribution in [2.24, 2.45) is 4.99 Å². The zero-order chi connectivity index (χ0) is 9.10. The Morgan fingerprint density at radius 1 is 1.31 bits per heavy atom. The lowest BCUT2D eigenvalue weighted by atomic mass is 10.1. The van der Waals surface area contributed by atoms with Gasteiger partial charge in [-0.1, -0.05) is 18.2 Å². The summed E-state index contributed by atoms with van der Waals surface area (Å²) in [6, 6.07) is 4.11. The van der Waals surface area contributed by atoms with Gasteiger partial charge in [0, 0.05) is 13.3 Å². The summed E-state index contributed by atoms with van der Waals surface area (Å²) in [5, 5.41) is 2.35. The van der Waals surface area contributed by atoms with E-state index in [1.807, 2.05) is 6.07 Å². The van der Waals surface area contributed by atoms with Gasteiger partial charge in [-0.05, 0) is 24.1 Å². The molecular weight excluding hydrogens is 160 g/mol. The molecule has 2 heteroatoms. The minimum Gasteiger partial charge on any atom is -0.294 e. The standard InChI is InChI=1S/C11H12N2/c1-12-8-10-7-6-9-4-2-3-5-11(9)13-10/h4-8H,2-3H2,1H3. The van der Waals surface area contributed by atoms with Crippen LogP contribution in [0, 0.1) is 0 Å². The van der Waals surface area contributed by atoms with E-state index in [2.05, 4.69) is 28.2 Å². The quantitative estimate of drug-likeness (QED) is 0.566. The summed E-state index contributed by atoms with van der Waals surface area (Å²) in [6.45, 7) is 0. The number of rotatable bonds is 1. The fourth-order valence-corrected chi connectivity index (χ4v) is 1.50. The monoisotopic (exact) mass is 172 g/mol. The molecule has 0 amide bonds. The van der Waals surface area contributed by atoms with Crippen LogP contribution < -0.4 is 10.6 Å². The Kier molecular flexibility index (Phi) is 2.21. The molecule has 13 heavy (non-hydrogen) atoms. The van der Waals surface area contributed by atoms with Gasteiger partial charge >= 0.3 is 0 Å². The molecule has 0 N–H and O–H groups in total. The summed E-state index contributed by atoms with van der Waals surface area (Å²) >= 11 is 0. The van der Waals surface area contributed by atoms with E-state index in [0.29, 0.717) is 0 Å². The van der Waals surface area contributed by atoms with Gasteiger partial charge in [0.2, 0.25) is 0 Å². The molecule has 0 aromatic carbocycles. The maximum absolute atomic E-state index is 4.47. The number of nitrogens with zero attached hydrogens (tertiary/aromatic N) is 2. The first kappa shape index (κ1) is 8.17. The molecule has 2 nitrogen and oxygen atoms in total. The van der Waals surface area contributed by atoms with Crippen LogP contribution in [0.3, 0.4) is 0 Å². The van der Waals surface area contributed by atoms with Crippen LogP contribution in [0.5, 0.6) is 0 Å². The second-order valence-corrected chi connectivity index (χ2v) is 3.08. The lowest BCUT2D eigenvalue weighted by Crippen LogP contribution is -2.30. The Hall–Kier alpha value is -1.44. The van der Waals surface area contributed by atoms with Gasteiger partial charge in [0.15, 0.2) is 0 Å². The zero-order valence-electron chi connectivity index (χ0n) is 7.70. The fourth-order valence-electron chi connectivity index (χ4n) is 1.50. The average molecular weight is 172 g/mol.